The Labute approximate surface area is 117 Å². The molecule has 0 bridgehead atoms. The average molecular weight is 296 g/mol. The van der Waals surface area contributed by atoms with Crippen molar-refractivity contribution in [2.75, 3.05) is 5.32 Å². The molecule has 9 heteroatoms. The van der Waals surface area contributed by atoms with Gasteiger partial charge in [-0.2, -0.15) is 0 Å². The van der Waals surface area contributed by atoms with E-state index in [-0.39, 0.29) is 11.6 Å². The van der Waals surface area contributed by atoms with Gasteiger partial charge in [-0.25, -0.2) is 4.79 Å². The van der Waals surface area contributed by atoms with Crippen LogP contribution in [0.5, 0.6) is 0 Å². The molecule has 2 N–H and O–H groups in total. The Morgan fingerprint density at radius 3 is 2.85 bits per heavy atom. The van der Waals surface area contributed by atoms with Crippen molar-refractivity contribution in [1.29, 1.82) is 0 Å². The van der Waals surface area contributed by atoms with Crippen molar-refractivity contribution in [1.82, 2.24) is 9.55 Å². The number of imidazole rings is 1. The van der Waals surface area contributed by atoms with Gasteiger partial charge >= 0.3 is 11.8 Å². The minimum Gasteiger partial charge on any atom is -0.479 e. The third-order valence-corrected chi connectivity index (χ3v) is 3.77. The molecule has 8 nitrogen and oxygen atoms in total. The van der Waals surface area contributed by atoms with Crippen molar-refractivity contribution in [2.24, 2.45) is 7.05 Å². The summed E-state index contributed by atoms with van der Waals surface area (Å²) in [6.45, 7) is 1.61. The van der Waals surface area contributed by atoms with Crippen LogP contribution in [0.3, 0.4) is 0 Å². The molecular formula is C11H12N4O4S. The molecule has 0 radical (unpaired) electrons. The van der Waals surface area contributed by atoms with Crippen LogP contribution in [0.4, 0.5) is 11.6 Å². The van der Waals surface area contributed by atoms with Gasteiger partial charge in [-0.05, 0) is 21.4 Å². The number of rotatable bonds is 5. The zero-order valence-corrected chi connectivity index (χ0v) is 11.5. The van der Waals surface area contributed by atoms with E-state index in [1.165, 1.54) is 15.9 Å². The van der Waals surface area contributed by atoms with Crippen molar-refractivity contribution in [2.45, 2.75) is 13.0 Å². The molecule has 0 spiro atoms. The number of carboxylic acid groups (broad SMARTS) is 1. The predicted molar refractivity (Wildman–Crippen MR) is 72.9 cm³/mol. The Kier molecular flexibility index (Phi) is 3.70. The molecular weight excluding hydrogens is 284 g/mol. The molecule has 2 rings (SSSR count). The molecule has 0 saturated carbocycles. The molecule has 2 aromatic heterocycles. The van der Waals surface area contributed by atoms with Gasteiger partial charge in [0.2, 0.25) is 11.6 Å². The number of aliphatic carboxylic acids is 1. The van der Waals surface area contributed by atoms with E-state index in [0.29, 0.717) is 10.7 Å². The minimum atomic E-state index is -1.11. The van der Waals surface area contributed by atoms with E-state index in [9.17, 15) is 20.0 Å². The quantitative estimate of drug-likeness (QED) is 0.644. The molecule has 0 aliphatic carbocycles. The number of carbonyl (C=O) groups is 1. The highest BCUT2D eigenvalue weighted by atomic mass is 32.1. The number of aryl methyl sites for hydroxylation is 1. The molecule has 106 valence electrons. The van der Waals surface area contributed by atoms with Crippen LogP contribution < -0.4 is 5.32 Å². The van der Waals surface area contributed by atoms with E-state index in [4.69, 9.17) is 0 Å². The first-order valence-corrected chi connectivity index (χ1v) is 6.50. The number of hydrogen-bond donors (Lipinski definition) is 2. The van der Waals surface area contributed by atoms with Crippen LogP contribution in [0.1, 0.15) is 16.7 Å². The fourth-order valence-electron chi connectivity index (χ4n) is 1.73. The fraction of sp³-hybridized carbons (Fsp3) is 0.273. The summed E-state index contributed by atoms with van der Waals surface area (Å²) in [6, 6.07) is 2.33. The van der Waals surface area contributed by atoms with E-state index < -0.39 is 16.9 Å². The predicted octanol–water partition coefficient (Wildman–Crippen LogP) is 1.94. The SMILES string of the molecule is Cc1nc([N+](=O)[O-])c(NC(C(=O)O)c2cccs2)n1C. The molecule has 1 atom stereocenters. The van der Waals surface area contributed by atoms with Crippen molar-refractivity contribution in [3.63, 3.8) is 0 Å². The van der Waals surface area contributed by atoms with Crippen LogP contribution in [-0.2, 0) is 11.8 Å². The number of nitro groups is 1. The molecule has 1 unspecified atom stereocenters. The van der Waals surface area contributed by atoms with E-state index in [1.54, 1.807) is 31.5 Å². The first kappa shape index (κ1) is 14.0. The van der Waals surface area contributed by atoms with Gasteiger partial charge in [0.05, 0.1) is 0 Å². The number of thiophene rings is 1. The normalized spacial score (nSPS) is 12.1. The van der Waals surface area contributed by atoms with Gasteiger partial charge in [0.15, 0.2) is 6.04 Å². The third-order valence-electron chi connectivity index (χ3n) is 2.83. The number of anilines is 1. The number of nitrogens with zero attached hydrogens (tertiary/aromatic N) is 3. The maximum atomic E-state index is 11.3. The molecule has 0 amide bonds. The van der Waals surface area contributed by atoms with Crippen molar-refractivity contribution < 1.29 is 14.8 Å². The Balaban J connectivity index is 2.42. The second kappa shape index (κ2) is 5.29. The average Bonchev–Trinajstić information content (AvgIpc) is 2.97. The largest absolute Gasteiger partial charge is 0.479 e. The number of hydrogen-bond acceptors (Lipinski definition) is 6. The Morgan fingerprint density at radius 2 is 2.35 bits per heavy atom. The maximum Gasteiger partial charge on any atom is 0.406 e. The standard InChI is InChI=1S/C11H12N4O4S/c1-6-12-10(15(18)19)9(14(6)2)13-8(11(16)17)7-4-3-5-20-7/h3-5,8,13H,1-2H3,(H,16,17). The zero-order valence-electron chi connectivity index (χ0n) is 10.7. The minimum absolute atomic E-state index is 0.0771. The van der Waals surface area contributed by atoms with Gasteiger partial charge in [-0.1, -0.05) is 6.07 Å². The van der Waals surface area contributed by atoms with Crippen LogP contribution in [0.25, 0.3) is 0 Å². The summed E-state index contributed by atoms with van der Waals surface area (Å²) in [6.07, 6.45) is 0. The van der Waals surface area contributed by atoms with Crippen molar-refractivity contribution in [3.05, 3.63) is 38.3 Å². The second-order valence-electron chi connectivity index (χ2n) is 4.08. The van der Waals surface area contributed by atoms with Gasteiger partial charge in [-0.15, -0.1) is 11.3 Å². The van der Waals surface area contributed by atoms with Gasteiger partial charge in [0.25, 0.3) is 0 Å². The summed E-state index contributed by atoms with van der Waals surface area (Å²) in [7, 11) is 1.59. The van der Waals surface area contributed by atoms with E-state index in [0.717, 1.165) is 0 Å². The number of aromatic nitrogens is 2. The summed E-state index contributed by atoms with van der Waals surface area (Å²) in [4.78, 5) is 26.1. The highest BCUT2D eigenvalue weighted by Crippen LogP contribution is 2.29. The summed E-state index contributed by atoms with van der Waals surface area (Å²) in [5.74, 6) is -0.990. The monoisotopic (exact) mass is 296 g/mol. The zero-order chi connectivity index (χ0) is 14.9. The first-order chi connectivity index (χ1) is 9.41. The highest BCUT2D eigenvalue weighted by molar-refractivity contribution is 7.10. The molecule has 2 aromatic rings. The number of carboxylic acids is 1. The van der Waals surface area contributed by atoms with Crippen LogP contribution >= 0.6 is 11.3 Å². The fourth-order valence-corrected chi connectivity index (χ4v) is 2.50. The van der Waals surface area contributed by atoms with Gasteiger partial charge in [0.1, 0.15) is 0 Å². The molecule has 2 heterocycles. The summed E-state index contributed by atoms with van der Waals surface area (Å²) >= 11 is 1.26. The summed E-state index contributed by atoms with van der Waals surface area (Å²) in [5.41, 5.74) is 0. The van der Waals surface area contributed by atoms with Gasteiger partial charge < -0.3 is 20.5 Å². The van der Waals surface area contributed by atoms with Crippen molar-refractivity contribution >= 4 is 28.9 Å². The van der Waals surface area contributed by atoms with E-state index in [1.807, 2.05) is 0 Å². The maximum absolute atomic E-state index is 11.3. The van der Waals surface area contributed by atoms with Crippen LogP contribution in [0.15, 0.2) is 17.5 Å². The lowest BCUT2D eigenvalue weighted by atomic mass is 10.2. The van der Waals surface area contributed by atoms with Gasteiger partial charge in [0, 0.05) is 18.8 Å². The molecule has 0 aromatic carbocycles. The summed E-state index contributed by atoms with van der Waals surface area (Å²) in [5, 5.41) is 24.7. The molecule has 0 aliphatic heterocycles. The molecule has 20 heavy (non-hydrogen) atoms. The lowest BCUT2D eigenvalue weighted by molar-refractivity contribution is -0.388. The molecule has 0 aliphatic rings. The Morgan fingerprint density at radius 1 is 1.65 bits per heavy atom. The van der Waals surface area contributed by atoms with Crippen LogP contribution in [-0.4, -0.2) is 25.6 Å². The molecule has 0 saturated heterocycles. The first-order valence-electron chi connectivity index (χ1n) is 5.62. The lowest BCUT2D eigenvalue weighted by Gasteiger charge is -2.13. The van der Waals surface area contributed by atoms with Crippen molar-refractivity contribution in [3.8, 4) is 0 Å². The topological polar surface area (TPSA) is 110 Å². The third kappa shape index (κ3) is 2.48. The Bertz CT molecular complexity index is 650. The Hall–Kier alpha value is -2.42. The highest BCUT2D eigenvalue weighted by Gasteiger charge is 2.29. The van der Waals surface area contributed by atoms with E-state index >= 15 is 0 Å². The van der Waals surface area contributed by atoms with Crippen LogP contribution in [0, 0.1) is 17.0 Å². The second-order valence-corrected chi connectivity index (χ2v) is 5.06. The molecule has 0 fully saturated rings. The van der Waals surface area contributed by atoms with Crippen LogP contribution in [0.2, 0.25) is 0 Å². The lowest BCUT2D eigenvalue weighted by Crippen LogP contribution is -2.21. The van der Waals surface area contributed by atoms with Gasteiger partial charge in [-0.3, -0.25) is 4.57 Å². The smallest absolute Gasteiger partial charge is 0.406 e. The number of nitrogens with one attached hydrogen (secondary N) is 1. The summed E-state index contributed by atoms with van der Waals surface area (Å²) < 4.78 is 1.46. The van der Waals surface area contributed by atoms with E-state index in [2.05, 4.69) is 10.3 Å².